The van der Waals surface area contributed by atoms with Crippen molar-refractivity contribution in [1.29, 1.82) is 0 Å². The fraction of sp³-hybridized carbons (Fsp3) is 0.120. The normalized spacial score (nSPS) is 13.9. The van der Waals surface area contributed by atoms with Gasteiger partial charge in [0.2, 0.25) is 0 Å². The lowest BCUT2D eigenvalue weighted by atomic mass is 9.99. The summed E-state index contributed by atoms with van der Waals surface area (Å²) in [5.41, 5.74) is 4.45. The van der Waals surface area contributed by atoms with Crippen LogP contribution in [0.25, 0.3) is 0 Å². The Bertz CT molecular complexity index is 1080. The molecule has 0 aliphatic carbocycles. The zero-order valence-electron chi connectivity index (χ0n) is 16.5. The van der Waals surface area contributed by atoms with Gasteiger partial charge in [0.1, 0.15) is 11.8 Å². The number of nitrogens with zero attached hydrogens (tertiary/aromatic N) is 1. The molecule has 1 unspecified atom stereocenters. The molecule has 150 valence electrons. The van der Waals surface area contributed by atoms with Crippen LogP contribution in [0.5, 0.6) is 0 Å². The van der Waals surface area contributed by atoms with Gasteiger partial charge in [-0.25, -0.2) is 0 Å². The first-order valence-electron chi connectivity index (χ1n) is 9.88. The van der Waals surface area contributed by atoms with Gasteiger partial charge in [-0.3, -0.25) is 9.79 Å². The highest BCUT2D eigenvalue weighted by atomic mass is 16.3. The molecule has 0 fully saturated rings. The average molecular weight is 397 g/mol. The van der Waals surface area contributed by atoms with Crippen molar-refractivity contribution in [3.05, 3.63) is 108 Å². The molecule has 0 aromatic heterocycles. The maximum Gasteiger partial charge on any atom is 0.274 e. The highest BCUT2D eigenvalue weighted by Gasteiger charge is 2.21. The van der Waals surface area contributed by atoms with Crippen LogP contribution >= 0.6 is 0 Å². The number of benzene rings is 3. The number of carbonyl (C=O) groups is 1. The molecule has 4 rings (SSSR count). The Balaban J connectivity index is 1.45. The zero-order valence-corrected chi connectivity index (χ0v) is 16.5. The molecule has 5 nitrogen and oxygen atoms in total. The molecule has 30 heavy (non-hydrogen) atoms. The fourth-order valence-electron chi connectivity index (χ4n) is 3.43. The molecule has 1 aliphatic heterocycles. The summed E-state index contributed by atoms with van der Waals surface area (Å²) in [6, 6.07) is 26.5. The molecule has 1 amide bonds. The van der Waals surface area contributed by atoms with Gasteiger partial charge in [0.25, 0.3) is 5.91 Å². The van der Waals surface area contributed by atoms with E-state index in [9.17, 15) is 9.90 Å². The summed E-state index contributed by atoms with van der Waals surface area (Å²) in [4.78, 5) is 17.0. The Kier molecular flexibility index (Phi) is 6.01. The minimum absolute atomic E-state index is 0.218. The van der Waals surface area contributed by atoms with Gasteiger partial charge in [-0.05, 0) is 29.3 Å². The first kappa shape index (κ1) is 19.6. The molecule has 1 atom stereocenters. The summed E-state index contributed by atoms with van der Waals surface area (Å²) in [5.74, 6) is -0.218. The van der Waals surface area contributed by atoms with E-state index in [0.29, 0.717) is 18.8 Å². The number of aliphatic imine (C=N–C) groups is 1. The minimum Gasteiger partial charge on any atom is -0.384 e. The molecule has 0 bridgehead atoms. The molecule has 0 saturated carbocycles. The van der Waals surface area contributed by atoms with Crippen LogP contribution < -0.4 is 10.6 Å². The summed E-state index contributed by atoms with van der Waals surface area (Å²) in [5, 5.41) is 17.1. The number of anilines is 2. The van der Waals surface area contributed by atoms with Crippen molar-refractivity contribution in [3.8, 4) is 0 Å². The lowest BCUT2D eigenvalue weighted by Gasteiger charge is -2.18. The van der Waals surface area contributed by atoms with E-state index in [1.807, 2.05) is 91.0 Å². The summed E-state index contributed by atoms with van der Waals surface area (Å²) >= 11 is 0. The van der Waals surface area contributed by atoms with Crippen molar-refractivity contribution in [2.45, 2.75) is 6.10 Å². The summed E-state index contributed by atoms with van der Waals surface area (Å²) < 4.78 is 0. The quantitative estimate of drug-likeness (QED) is 0.559. The maximum atomic E-state index is 12.6. The van der Waals surface area contributed by atoms with Gasteiger partial charge in [0.05, 0.1) is 6.54 Å². The summed E-state index contributed by atoms with van der Waals surface area (Å²) in [6.45, 7) is 0.933. The van der Waals surface area contributed by atoms with E-state index < -0.39 is 6.10 Å². The van der Waals surface area contributed by atoms with Crippen LogP contribution in [0.15, 0.2) is 102 Å². The van der Waals surface area contributed by atoms with Gasteiger partial charge >= 0.3 is 0 Å². The highest BCUT2D eigenvalue weighted by Crippen LogP contribution is 2.28. The standard InChI is InChI=1S/C25H23N3O2/c29-24(18-9-3-1-4-10-18)21-13-7-8-14-22(21)27-17-19-15-16-26-23(19)25(30)28-20-11-5-2-6-12-20/h1-15,24,27,29H,16-17H2,(H,28,30). The predicted octanol–water partition coefficient (Wildman–Crippen LogP) is 4.20. The number of amides is 1. The fourth-order valence-corrected chi connectivity index (χ4v) is 3.43. The van der Waals surface area contributed by atoms with E-state index in [-0.39, 0.29) is 5.91 Å². The highest BCUT2D eigenvalue weighted by molar-refractivity contribution is 6.49. The van der Waals surface area contributed by atoms with E-state index in [2.05, 4.69) is 15.6 Å². The molecular weight excluding hydrogens is 374 g/mol. The van der Waals surface area contributed by atoms with Gasteiger partial charge in [-0.15, -0.1) is 0 Å². The molecule has 3 aromatic carbocycles. The summed E-state index contributed by atoms with van der Waals surface area (Å²) in [7, 11) is 0. The third kappa shape index (κ3) is 4.47. The molecule has 3 aromatic rings. The Hall–Kier alpha value is -3.70. The Morgan fingerprint density at radius 2 is 1.60 bits per heavy atom. The van der Waals surface area contributed by atoms with Gasteiger partial charge in [0, 0.05) is 23.5 Å². The van der Waals surface area contributed by atoms with Gasteiger partial charge in [-0.1, -0.05) is 72.8 Å². The molecule has 0 spiro atoms. The van der Waals surface area contributed by atoms with Crippen molar-refractivity contribution >= 4 is 23.0 Å². The molecular formula is C25H23N3O2. The first-order chi connectivity index (χ1) is 14.7. The number of carbonyl (C=O) groups excluding carboxylic acids is 1. The van der Waals surface area contributed by atoms with Gasteiger partial charge in [0.15, 0.2) is 0 Å². The van der Waals surface area contributed by atoms with Crippen molar-refractivity contribution < 1.29 is 9.90 Å². The van der Waals surface area contributed by atoms with Crippen LogP contribution in [0.4, 0.5) is 11.4 Å². The molecule has 0 saturated heterocycles. The van der Waals surface area contributed by atoms with E-state index >= 15 is 0 Å². The zero-order chi connectivity index (χ0) is 20.8. The van der Waals surface area contributed by atoms with E-state index in [4.69, 9.17) is 0 Å². The number of nitrogens with one attached hydrogen (secondary N) is 2. The van der Waals surface area contributed by atoms with Crippen LogP contribution in [0.3, 0.4) is 0 Å². The van der Waals surface area contributed by atoms with Gasteiger partial charge in [-0.2, -0.15) is 0 Å². The smallest absolute Gasteiger partial charge is 0.274 e. The molecule has 5 heteroatoms. The number of aliphatic hydroxyl groups excluding tert-OH is 1. The van der Waals surface area contributed by atoms with E-state index in [1.54, 1.807) is 0 Å². The number of aliphatic hydroxyl groups is 1. The maximum absolute atomic E-state index is 12.6. The number of hydrogen-bond acceptors (Lipinski definition) is 4. The Morgan fingerprint density at radius 1 is 0.933 bits per heavy atom. The van der Waals surface area contributed by atoms with E-state index in [0.717, 1.165) is 28.1 Å². The number of para-hydroxylation sites is 2. The second kappa shape index (κ2) is 9.20. The summed E-state index contributed by atoms with van der Waals surface area (Å²) in [6.07, 6.45) is 1.21. The Morgan fingerprint density at radius 3 is 2.37 bits per heavy atom. The third-order valence-corrected chi connectivity index (χ3v) is 4.98. The second-order valence-electron chi connectivity index (χ2n) is 6.99. The molecule has 0 radical (unpaired) electrons. The van der Waals surface area contributed by atoms with Crippen LogP contribution in [0.1, 0.15) is 17.2 Å². The van der Waals surface area contributed by atoms with Crippen molar-refractivity contribution in [2.24, 2.45) is 4.99 Å². The number of rotatable bonds is 7. The van der Waals surface area contributed by atoms with Crippen LogP contribution in [-0.4, -0.2) is 29.8 Å². The minimum atomic E-state index is -0.734. The van der Waals surface area contributed by atoms with E-state index in [1.165, 1.54) is 0 Å². The predicted molar refractivity (Wildman–Crippen MR) is 121 cm³/mol. The van der Waals surface area contributed by atoms with Gasteiger partial charge < -0.3 is 15.7 Å². The van der Waals surface area contributed by atoms with Crippen molar-refractivity contribution in [2.75, 3.05) is 23.7 Å². The van der Waals surface area contributed by atoms with Crippen LogP contribution in [0, 0.1) is 0 Å². The molecule has 1 heterocycles. The largest absolute Gasteiger partial charge is 0.384 e. The average Bonchev–Trinajstić information content (AvgIpc) is 3.27. The lowest BCUT2D eigenvalue weighted by Crippen LogP contribution is -2.26. The third-order valence-electron chi connectivity index (χ3n) is 4.98. The van der Waals surface area contributed by atoms with Crippen molar-refractivity contribution in [1.82, 2.24) is 0 Å². The van der Waals surface area contributed by atoms with Crippen LogP contribution in [-0.2, 0) is 4.79 Å². The second-order valence-corrected chi connectivity index (χ2v) is 6.99. The monoisotopic (exact) mass is 397 g/mol. The first-order valence-corrected chi connectivity index (χ1v) is 9.88. The lowest BCUT2D eigenvalue weighted by molar-refractivity contribution is -0.110. The Labute approximate surface area is 175 Å². The molecule has 3 N–H and O–H groups in total. The molecule has 1 aliphatic rings. The SMILES string of the molecule is O=C(Nc1ccccc1)C1=NCC=C1CNc1ccccc1C(O)c1ccccc1. The van der Waals surface area contributed by atoms with Crippen molar-refractivity contribution in [3.63, 3.8) is 0 Å². The van der Waals surface area contributed by atoms with Crippen LogP contribution in [0.2, 0.25) is 0 Å². The number of hydrogen-bond donors (Lipinski definition) is 3. The topological polar surface area (TPSA) is 73.7 Å².